The molecule has 1 atom stereocenters. The Kier molecular flexibility index (Phi) is 4.53. The van der Waals surface area contributed by atoms with E-state index in [9.17, 15) is 4.79 Å². The van der Waals surface area contributed by atoms with Crippen molar-refractivity contribution in [3.63, 3.8) is 0 Å². The topological polar surface area (TPSA) is 32.3 Å². The molecule has 4 heteroatoms. The largest absolute Gasteiger partial charge is 0.337 e. The molecule has 1 N–H and O–H groups in total. The lowest BCUT2D eigenvalue weighted by atomic mass is 10.2. The Hall–Kier alpha value is -1.13. The molecule has 1 aliphatic carbocycles. The lowest BCUT2D eigenvalue weighted by molar-refractivity contribution is -0.126. The van der Waals surface area contributed by atoms with Crippen molar-refractivity contribution in [2.24, 2.45) is 5.92 Å². The van der Waals surface area contributed by atoms with E-state index >= 15 is 0 Å². The number of amides is 1. The molecule has 3 nitrogen and oxygen atoms in total. The van der Waals surface area contributed by atoms with Gasteiger partial charge in [-0.25, -0.2) is 0 Å². The molecule has 1 amide bonds. The summed E-state index contributed by atoms with van der Waals surface area (Å²) in [7, 11) is 0. The van der Waals surface area contributed by atoms with Gasteiger partial charge in [-0.05, 0) is 55.7 Å². The number of hydrogen-bond acceptors (Lipinski definition) is 3. The first-order chi connectivity index (χ1) is 9.81. The lowest BCUT2D eigenvalue weighted by Crippen LogP contribution is -2.41. The fourth-order valence-electron chi connectivity index (χ4n) is 2.69. The van der Waals surface area contributed by atoms with E-state index in [-0.39, 0.29) is 5.91 Å². The Morgan fingerprint density at radius 3 is 2.95 bits per heavy atom. The average Bonchev–Trinajstić information content (AvgIpc) is 2.95. The van der Waals surface area contributed by atoms with Gasteiger partial charge in [0.25, 0.3) is 0 Å². The van der Waals surface area contributed by atoms with Gasteiger partial charge in [-0.3, -0.25) is 4.79 Å². The van der Waals surface area contributed by atoms with E-state index in [1.165, 1.54) is 25.7 Å². The maximum Gasteiger partial charge on any atom is 0.246 e. The fourth-order valence-corrected chi connectivity index (χ4v) is 3.31. The Balaban J connectivity index is 1.59. The predicted octanol–water partition coefficient (Wildman–Crippen LogP) is 2.75. The molecular formula is C16H22N2OS. The summed E-state index contributed by atoms with van der Waals surface area (Å²) in [6.07, 6.45) is 8.69. The van der Waals surface area contributed by atoms with Crippen molar-refractivity contribution >= 4 is 23.3 Å². The molecule has 0 bridgehead atoms. The van der Waals surface area contributed by atoms with Crippen molar-refractivity contribution in [3.8, 4) is 0 Å². The van der Waals surface area contributed by atoms with Crippen LogP contribution in [0, 0.1) is 5.92 Å². The maximum atomic E-state index is 12.4. The molecule has 108 valence electrons. The van der Waals surface area contributed by atoms with Gasteiger partial charge < -0.3 is 10.2 Å². The smallest absolute Gasteiger partial charge is 0.246 e. The van der Waals surface area contributed by atoms with Crippen LogP contribution < -0.4 is 5.32 Å². The number of rotatable bonds is 6. The molecular weight excluding hydrogens is 268 g/mol. The summed E-state index contributed by atoms with van der Waals surface area (Å²) in [5.41, 5.74) is 0. The Labute approximate surface area is 124 Å². The molecule has 1 saturated heterocycles. The average molecular weight is 290 g/mol. The van der Waals surface area contributed by atoms with Crippen molar-refractivity contribution in [1.82, 2.24) is 10.2 Å². The van der Waals surface area contributed by atoms with Gasteiger partial charge in [-0.1, -0.05) is 6.07 Å². The first-order valence-corrected chi connectivity index (χ1v) is 8.43. The summed E-state index contributed by atoms with van der Waals surface area (Å²) in [6, 6.07) is 4.55. The van der Waals surface area contributed by atoms with Crippen LogP contribution in [0.5, 0.6) is 0 Å². The maximum absolute atomic E-state index is 12.4. The van der Waals surface area contributed by atoms with Crippen LogP contribution in [0.3, 0.4) is 0 Å². The van der Waals surface area contributed by atoms with E-state index in [4.69, 9.17) is 0 Å². The van der Waals surface area contributed by atoms with Gasteiger partial charge in [0.05, 0.1) is 0 Å². The molecule has 1 unspecified atom stereocenters. The van der Waals surface area contributed by atoms with Crippen molar-refractivity contribution in [3.05, 3.63) is 28.5 Å². The van der Waals surface area contributed by atoms with Crippen LogP contribution >= 0.6 is 11.3 Å². The molecule has 3 rings (SSSR count). The fraction of sp³-hybridized carbons (Fsp3) is 0.562. The highest BCUT2D eigenvalue weighted by Crippen LogP contribution is 2.30. The highest BCUT2D eigenvalue weighted by atomic mass is 32.1. The summed E-state index contributed by atoms with van der Waals surface area (Å²) >= 11 is 1.67. The quantitative estimate of drug-likeness (QED) is 0.817. The molecule has 2 heterocycles. The zero-order chi connectivity index (χ0) is 13.8. The van der Waals surface area contributed by atoms with Crippen molar-refractivity contribution in [1.29, 1.82) is 0 Å². The molecule has 1 aromatic heterocycles. The summed E-state index contributed by atoms with van der Waals surface area (Å²) in [4.78, 5) is 15.6. The number of nitrogens with zero attached hydrogens (tertiary/aromatic N) is 1. The second kappa shape index (κ2) is 6.55. The highest BCUT2D eigenvalue weighted by molar-refractivity contribution is 7.10. The zero-order valence-electron chi connectivity index (χ0n) is 11.8. The molecule has 0 spiro atoms. The van der Waals surface area contributed by atoms with Crippen LogP contribution in [0.1, 0.15) is 30.6 Å². The van der Waals surface area contributed by atoms with Gasteiger partial charge in [0.15, 0.2) is 0 Å². The summed E-state index contributed by atoms with van der Waals surface area (Å²) in [6.45, 7) is 2.90. The van der Waals surface area contributed by atoms with Crippen LogP contribution in [0.2, 0.25) is 0 Å². The first-order valence-electron chi connectivity index (χ1n) is 7.55. The van der Waals surface area contributed by atoms with Gasteiger partial charge in [0.2, 0.25) is 5.91 Å². The first kappa shape index (κ1) is 13.8. The minimum absolute atomic E-state index is 0.166. The molecule has 1 saturated carbocycles. The Morgan fingerprint density at radius 2 is 2.30 bits per heavy atom. The molecule has 2 aliphatic rings. The third kappa shape index (κ3) is 3.93. The number of carbonyl (C=O) groups is 1. The SMILES string of the molecule is O=C(/C=C/c1cccs1)N(CC1CC1)CC1CCCN1. The van der Waals surface area contributed by atoms with Crippen molar-refractivity contribution in [2.75, 3.05) is 19.6 Å². The summed E-state index contributed by atoms with van der Waals surface area (Å²) in [5, 5.41) is 5.53. The molecule has 2 fully saturated rings. The van der Waals surface area contributed by atoms with Crippen LogP contribution in [-0.4, -0.2) is 36.5 Å². The Bertz CT molecular complexity index is 459. The zero-order valence-corrected chi connectivity index (χ0v) is 12.6. The number of carbonyl (C=O) groups excluding carboxylic acids is 1. The van der Waals surface area contributed by atoms with E-state index < -0.39 is 0 Å². The number of thiophene rings is 1. The van der Waals surface area contributed by atoms with Gasteiger partial charge in [0, 0.05) is 30.1 Å². The van der Waals surface area contributed by atoms with E-state index in [0.29, 0.717) is 6.04 Å². The minimum atomic E-state index is 0.166. The second-order valence-corrected chi connectivity index (χ2v) is 6.81. The molecule has 1 aromatic rings. The number of nitrogens with one attached hydrogen (secondary N) is 1. The molecule has 1 aliphatic heterocycles. The van der Waals surface area contributed by atoms with Crippen molar-refractivity contribution in [2.45, 2.75) is 31.7 Å². The molecule has 20 heavy (non-hydrogen) atoms. The third-order valence-electron chi connectivity index (χ3n) is 4.02. The third-order valence-corrected chi connectivity index (χ3v) is 4.86. The second-order valence-electron chi connectivity index (χ2n) is 5.83. The molecule has 0 aromatic carbocycles. The van der Waals surface area contributed by atoms with Gasteiger partial charge in [0.1, 0.15) is 0 Å². The van der Waals surface area contributed by atoms with E-state index in [0.717, 1.165) is 30.4 Å². The van der Waals surface area contributed by atoms with Crippen LogP contribution in [-0.2, 0) is 4.79 Å². The van der Waals surface area contributed by atoms with Gasteiger partial charge in [-0.15, -0.1) is 11.3 Å². The number of hydrogen-bond donors (Lipinski definition) is 1. The Morgan fingerprint density at radius 1 is 1.40 bits per heavy atom. The van der Waals surface area contributed by atoms with E-state index in [1.807, 2.05) is 28.5 Å². The van der Waals surface area contributed by atoms with Crippen molar-refractivity contribution < 1.29 is 4.79 Å². The normalized spacial score (nSPS) is 22.5. The highest BCUT2D eigenvalue weighted by Gasteiger charge is 2.28. The monoisotopic (exact) mass is 290 g/mol. The van der Waals surface area contributed by atoms with Crippen LogP contribution in [0.4, 0.5) is 0 Å². The van der Waals surface area contributed by atoms with E-state index in [2.05, 4.69) is 5.32 Å². The molecule has 0 radical (unpaired) electrons. The summed E-state index contributed by atoms with van der Waals surface area (Å²) < 4.78 is 0. The standard InChI is InChI=1S/C16H22N2OS/c19-16(8-7-15-4-2-10-20-15)18(11-13-5-6-13)12-14-3-1-9-17-14/h2,4,7-8,10,13-14,17H,1,3,5-6,9,11-12H2/b8-7+. The lowest BCUT2D eigenvalue weighted by Gasteiger charge is -2.24. The summed E-state index contributed by atoms with van der Waals surface area (Å²) in [5.74, 6) is 0.912. The van der Waals surface area contributed by atoms with Gasteiger partial charge in [-0.2, -0.15) is 0 Å². The van der Waals surface area contributed by atoms with Gasteiger partial charge >= 0.3 is 0 Å². The minimum Gasteiger partial charge on any atom is -0.337 e. The van der Waals surface area contributed by atoms with E-state index in [1.54, 1.807) is 17.4 Å². The predicted molar refractivity (Wildman–Crippen MR) is 83.7 cm³/mol. The van der Waals surface area contributed by atoms with Crippen LogP contribution in [0.25, 0.3) is 6.08 Å². The van der Waals surface area contributed by atoms with Crippen LogP contribution in [0.15, 0.2) is 23.6 Å².